The third-order valence-electron chi connectivity index (χ3n) is 3.12. The summed E-state index contributed by atoms with van der Waals surface area (Å²) in [5.74, 6) is 0.689. The normalized spacial score (nSPS) is 11.2. The first-order valence-electron chi connectivity index (χ1n) is 7.33. The second kappa shape index (κ2) is 8.00. The monoisotopic (exact) mass is 277 g/mol. The first kappa shape index (κ1) is 16.6. The number of Topliss-reactive ketones (excluding diaryl/α,β-unsaturated/α-hetero) is 1. The minimum atomic E-state index is 0.0975. The van der Waals surface area contributed by atoms with Gasteiger partial charge in [-0.15, -0.1) is 0 Å². The maximum absolute atomic E-state index is 11.6. The highest BCUT2D eigenvalue weighted by molar-refractivity contribution is 5.94. The van der Waals surface area contributed by atoms with Crippen molar-refractivity contribution in [3.05, 3.63) is 24.0 Å². The maximum Gasteiger partial charge on any atom is 0.180 e. The van der Waals surface area contributed by atoms with E-state index in [0.717, 1.165) is 25.3 Å². The third kappa shape index (κ3) is 5.29. The highest BCUT2D eigenvalue weighted by Crippen LogP contribution is 2.15. The van der Waals surface area contributed by atoms with Gasteiger partial charge in [0.2, 0.25) is 0 Å². The average molecular weight is 277 g/mol. The van der Waals surface area contributed by atoms with E-state index in [0.29, 0.717) is 18.0 Å². The predicted molar refractivity (Wildman–Crippen MR) is 84.5 cm³/mol. The SMILES string of the molecule is CCC(=O)c1ccc(N(CCN(C)C)CC(C)C)cn1. The van der Waals surface area contributed by atoms with E-state index in [4.69, 9.17) is 0 Å². The number of carbonyl (C=O) groups excluding carboxylic acids is 1. The molecule has 1 rings (SSSR count). The first-order valence-corrected chi connectivity index (χ1v) is 7.33. The second-order valence-electron chi connectivity index (χ2n) is 5.82. The van der Waals surface area contributed by atoms with Crippen LogP contribution < -0.4 is 4.90 Å². The molecule has 0 bridgehead atoms. The summed E-state index contributed by atoms with van der Waals surface area (Å²) in [6.45, 7) is 9.25. The van der Waals surface area contributed by atoms with Crippen molar-refractivity contribution in [2.24, 2.45) is 5.92 Å². The van der Waals surface area contributed by atoms with Crippen LogP contribution in [0.15, 0.2) is 18.3 Å². The lowest BCUT2D eigenvalue weighted by atomic mass is 10.1. The number of hydrogen-bond donors (Lipinski definition) is 0. The molecule has 0 atom stereocenters. The largest absolute Gasteiger partial charge is 0.369 e. The van der Waals surface area contributed by atoms with Crippen LogP contribution in [0.3, 0.4) is 0 Å². The van der Waals surface area contributed by atoms with Gasteiger partial charge in [0.05, 0.1) is 11.9 Å². The van der Waals surface area contributed by atoms with Gasteiger partial charge in [-0.05, 0) is 32.1 Å². The van der Waals surface area contributed by atoms with Crippen LogP contribution in [0.4, 0.5) is 5.69 Å². The predicted octanol–water partition coefficient (Wildman–Crippen LogP) is 2.70. The van der Waals surface area contributed by atoms with Crippen molar-refractivity contribution in [1.82, 2.24) is 9.88 Å². The number of rotatable bonds is 8. The zero-order chi connectivity index (χ0) is 15.1. The minimum Gasteiger partial charge on any atom is -0.369 e. The fraction of sp³-hybridized carbons (Fsp3) is 0.625. The maximum atomic E-state index is 11.6. The number of hydrogen-bond acceptors (Lipinski definition) is 4. The van der Waals surface area contributed by atoms with E-state index in [9.17, 15) is 4.79 Å². The van der Waals surface area contributed by atoms with Crippen LogP contribution in [0, 0.1) is 5.92 Å². The summed E-state index contributed by atoms with van der Waals surface area (Å²) in [6.07, 6.45) is 2.32. The molecule has 4 nitrogen and oxygen atoms in total. The quantitative estimate of drug-likeness (QED) is 0.685. The lowest BCUT2D eigenvalue weighted by Crippen LogP contribution is -2.34. The summed E-state index contributed by atoms with van der Waals surface area (Å²) in [7, 11) is 4.16. The van der Waals surface area contributed by atoms with E-state index >= 15 is 0 Å². The Morgan fingerprint density at radius 1 is 1.25 bits per heavy atom. The van der Waals surface area contributed by atoms with Crippen molar-refractivity contribution < 1.29 is 4.79 Å². The molecule has 20 heavy (non-hydrogen) atoms. The van der Waals surface area contributed by atoms with Gasteiger partial charge in [-0.1, -0.05) is 20.8 Å². The molecule has 0 aliphatic rings. The fourth-order valence-corrected chi connectivity index (χ4v) is 2.01. The second-order valence-corrected chi connectivity index (χ2v) is 5.82. The Balaban J connectivity index is 2.81. The Morgan fingerprint density at radius 2 is 1.95 bits per heavy atom. The van der Waals surface area contributed by atoms with Crippen LogP contribution in [-0.2, 0) is 0 Å². The highest BCUT2D eigenvalue weighted by atomic mass is 16.1. The number of ketones is 1. The number of carbonyl (C=O) groups is 1. The third-order valence-corrected chi connectivity index (χ3v) is 3.12. The van der Waals surface area contributed by atoms with Crippen molar-refractivity contribution in [2.75, 3.05) is 38.6 Å². The van der Waals surface area contributed by atoms with E-state index in [2.05, 4.69) is 42.7 Å². The zero-order valence-corrected chi connectivity index (χ0v) is 13.4. The highest BCUT2D eigenvalue weighted by Gasteiger charge is 2.11. The van der Waals surface area contributed by atoms with Gasteiger partial charge in [0.25, 0.3) is 0 Å². The van der Waals surface area contributed by atoms with Crippen LogP contribution in [0.2, 0.25) is 0 Å². The fourth-order valence-electron chi connectivity index (χ4n) is 2.01. The molecule has 1 heterocycles. The molecule has 0 saturated carbocycles. The Hall–Kier alpha value is -1.42. The Labute approximate surface area is 122 Å². The molecule has 0 unspecified atom stereocenters. The van der Waals surface area contributed by atoms with Crippen molar-refractivity contribution in [1.29, 1.82) is 0 Å². The lowest BCUT2D eigenvalue weighted by molar-refractivity contribution is 0.0983. The van der Waals surface area contributed by atoms with Crippen LogP contribution in [0.5, 0.6) is 0 Å². The molecule has 1 aromatic heterocycles. The van der Waals surface area contributed by atoms with Crippen LogP contribution in [0.1, 0.15) is 37.7 Å². The van der Waals surface area contributed by atoms with E-state index in [1.54, 1.807) is 0 Å². The molecular weight excluding hydrogens is 250 g/mol. The molecule has 0 fully saturated rings. The lowest BCUT2D eigenvalue weighted by Gasteiger charge is -2.27. The van der Waals surface area contributed by atoms with E-state index < -0.39 is 0 Å². The number of likely N-dealkylation sites (N-methyl/N-ethyl adjacent to an activating group) is 1. The van der Waals surface area contributed by atoms with Crippen molar-refractivity contribution in [3.8, 4) is 0 Å². The molecule has 0 amide bonds. The van der Waals surface area contributed by atoms with E-state index in [1.165, 1.54) is 0 Å². The average Bonchev–Trinajstić information content (AvgIpc) is 2.42. The summed E-state index contributed by atoms with van der Waals surface area (Å²) in [5, 5.41) is 0. The molecule has 1 aromatic rings. The van der Waals surface area contributed by atoms with Crippen molar-refractivity contribution in [2.45, 2.75) is 27.2 Å². The van der Waals surface area contributed by atoms with Gasteiger partial charge in [0.15, 0.2) is 5.78 Å². The molecule has 0 saturated heterocycles. The number of nitrogens with zero attached hydrogens (tertiary/aromatic N) is 3. The summed E-state index contributed by atoms with van der Waals surface area (Å²) < 4.78 is 0. The molecule has 0 aliphatic heterocycles. The first-order chi connectivity index (χ1) is 9.43. The molecule has 0 N–H and O–H groups in total. The number of aromatic nitrogens is 1. The van der Waals surface area contributed by atoms with Crippen LogP contribution in [-0.4, -0.2) is 49.4 Å². The van der Waals surface area contributed by atoms with Crippen LogP contribution in [0.25, 0.3) is 0 Å². The number of pyridine rings is 1. The summed E-state index contributed by atoms with van der Waals surface area (Å²) in [4.78, 5) is 20.4. The van der Waals surface area contributed by atoms with Gasteiger partial charge < -0.3 is 9.80 Å². The molecule has 112 valence electrons. The summed E-state index contributed by atoms with van der Waals surface area (Å²) in [5.41, 5.74) is 1.65. The van der Waals surface area contributed by atoms with Crippen molar-refractivity contribution >= 4 is 11.5 Å². The Kier molecular flexibility index (Phi) is 6.65. The molecule has 0 radical (unpaired) electrons. The van der Waals surface area contributed by atoms with Crippen LogP contribution >= 0.6 is 0 Å². The minimum absolute atomic E-state index is 0.0975. The van der Waals surface area contributed by atoms with Gasteiger partial charge in [-0.25, -0.2) is 0 Å². The van der Waals surface area contributed by atoms with Crippen molar-refractivity contribution in [3.63, 3.8) is 0 Å². The molecular formula is C16H27N3O. The van der Waals surface area contributed by atoms with E-state index in [1.807, 2.05) is 25.3 Å². The smallest absolute Gasteiger partial charge is 0.180 e. The van der Waals surface area contributed by atoms with Gasteiger partial charge in [0.1, 0.15) is 5.69 Å². The Bertz CT molecular complexity index is 412. The molecule has 0 aliphatic carbocycles. The topological polar surface area (TPSA) is 36.4 Å². The standard InChI is InChI=1S/C16H27N3O/c1-6-16(20)15-8-7-14(11-17-15)19(12-13(2)3)10-9-18(4)5/h7-8,11,13H,6,9-10,12H2,1-5H3. The van der Waals surface area contributed by atoms with Gasteiger partial charge in [0, 0.05) is 26.1 Å². The molecule has 0 aromatic carbocycles. The van der Waals surface area contributed by atoms with E-state index in [-0.39, 0.29) is 5.78 Å². The van der Waals surface area contributed by atoms with Gasteiger partial charge >= 0.3 is 0 Å². The van der Waals surface area contributed by atoms with Gasteiger partial charge in [-0.2, -0.15) is 0 Å². The van der Waals surface area contributed by atoms with Gasteiger partial charge in [-0.3, -0.25) is 9.78 Å². The Morgan fingerprint density at radius 3 is 2.40 bits per heavy atom. The molecule has 4 heteroatoms. The molecule has 0 spiro atoms. The summed E-state index contributed by atoms with van der Waals surface area (Å²) in [6, 6.07) is 3.85. The number of anilines is 1. The summed E-state index contributed by atoms with van der Waals surface area (Å²) >= 11 is 0. The zero-order valence-electron chi connectivity index (χ0n) is 13.4.